The van der Waals surface area contributed by atoms with Crippen LogP contribution in [0.15, 0.2) is 42.0 Å². The maximum Gasteiger partial charge on any atom is 0.266 e. The number of hydrogen-bond donors (Lipinski definition) is 1. The van der Waals surface area contributed by atoms with Gasteiger partial charge in [0.05, 0.1) is 30.1 Å². The minimum Gasteiger partial charge on any atom is -0.495 e. The molecule has 0 heterocycles. The van der Waals surface area contributed by atoms with E-state index in [1.165, 1.54) is 13.2 Å². The highest BCUT2D eigenvalue weighted by Crippen LogP contribution is 2.35. The van der Waals surface area contributed by atoms with Gasteiger partial charge >= 0.3 is 0 Å². The zero-order valence-electron chi connectivity index (χ0n) is 15.9. The second-order valence-electron chi connectivity index (χ2n) is 5.71. The Labute approximate surface area is 178 Å². The fourth-order valence-electron chi connectivity index (χ4n) is 2.42. The second kappa shape index (κ2) is 10.6. The van der Waals surface area contributed by atoms with E-state index < -0.39 is 5.91 Å². The van der Waals surface area contributed by atoms with Crippen molar-refractivity contribution in [2.45, 2.75) is 13.3 Å². The molecule has 0 saturated carbocycles. The lowest BCUT2D eigenvalue weighted by molar-refractivity contribution is -0.112. The topological polar surface area (TPSA) is 80.6 Å². The van der Waals surface area contributed by atoms with E-state index in [0.717, 1.165) is 9.99 Å². The number of nitriles is 1. The Bertz CT molecular complexity index is 919. The Morgan fingerprint density at radius 2 is 1.93 bits per heavy atom. The van der Waals surface area contributed by atoms with Crippen LogP contribution in [0.25, 0.3) is 6.08 Å². The molecule has 0 bridgehead atoms. The largest absolute Gasteiger partial charge is 0.495 e. The quantitative estimate of drug-likeness (QED) is 0.330. The average molecular weight is 492 g/mol. The Kier molecular flexibility index (Phi) is 8.14. The number of amides is 1. The van der Waals surface area contributed by atoms with Gasteiger partial charge in [-0.25, -0.2) is 0 Å². The summed E-state index contributed by atoms with van der Waals surface area (Å²) >= 11 is 2.14. The number of methoxy groups -OCH3 is 2. The highest BCUT2D eigenvalue weighted by Gasteiger charge is 2.15. The monoisotopic (exact) mass is 492 g/mol. The molecule has 0 aliphatic heterocycles. The zero-order valence-corrected chi connectivity index (χ0v) is 18.1. The summed E-state index contributed by atoms with van der Waals surface area (Å²) in [6, 6.07) is 12.5. The van der Waals surface area contributed by atoms with Crippen LogP contribution in [-0.4, -0.2) is 26.7 Å². The lowest BCUT2D eigenvalue weighted by Gasteiger charge is -2.13. The van der Waals surface area contributed by atoms with E-state index in [-0.39, 0.29) is 5.57 Å². The molecule has 28 heavy (non-hydrogen) atoms. The van der Waals surface area contributed by atoms with Gasteiger partial charge in [0.1, 0.15) is 17.4 Å². The number of carbonyl (C=O) groups excluding carboxylic acids is 1. The molecule has 0 aromatic heterocycles. The number of para-hydroxylation sites is 2. The summed E-state index contributed by atoms with van der Waals surface area (Å²) in [6.45, 7) is 2.60. The van der Waals surface area contributed by atoms with Crippen LogP contribution in [0.4, 0.5) is 5.69 Å². The molecular weight excluding hydrogens is 471 g/mol. The van der Waals surface area contributed by atoms with Crippen molar-refractivity contribution in [3.63, 3.8) is 0 Å². The van der Waals surface area contributed by atoms with Crippen molar-refractivity contribution in [1.29, 1.82) is 5.26 Å². The van der Waals surface area contributed by atoms with Crippen LogP contribution in [0.5, 0.6) is 17.2 Å². The van der Waals surface area contributed by atoms with E-state index in [1.54, 1.807) is 37.4 Å². The van der Waals surface area contributed by atoms with Crippen molar-refractivity contribution in [3.8, 4) is 23.3 Å². The van der Waals surface area contributed by atoms with E-state index in [0.29, 0.717) is 35.1 Å². The van der Waals surface area contributed by atoms with Crippen molar-refractivity contribution in [1.82, 2.24) is 0 Å². The van der Waals surface area contributed by atoms with Gasteiger partial charge < -0.3 is 19.5 Å². The molecule has 7 heteroatoms. The van der Waals surface area contributed by atoms with Gasteiger partial charge in [-0.15, -0.1) is 0 Å². The molecule has 0 atom stereocenters. The number of rotatable bonds is 8. The number of halogens is 1. The fraction of sp³-hybridized carbons (Fsp3) is 0.238. The summed E-state index contributed by atoms with van der Waals surface area (Å²) in [7, 11) is 3.07. The third-order valence-corrected chi connectivity index (χ3v) is 4.53. The first-order valence-electron chi connectivity index (χ1n) is 8.60. The van der Waals surface area contributed by atoms with E-state index >= 15 is 0 Å². The van der Waals surface area contributed by atoms with Crippen LogP contribution in [-0.2, 0) is 4.79 Å². The van der Waals surface area contributed by atoms with E-state index in [2.05, 4.69) is 27.9 Å². The fourth-order valence-corrected chi connectivity index (χ4v) is 3.20. The maximum atomic E-state index is 12.5. The highest BCUT2D eigenvalue weighted by molar-refractivity contribution is 14.1. The molecule has 146 valence electrons. The van der Waals surface area contributed by atoms with Crippen molar-refractivity contribution < 1.29 is 19.0 Å². The molecule has 6 nitrogen and oxygen atoms in total. The minimum atomic E-state index is -0.521. The molecule has 0 spiro atoms. The van der Waals surface area contributed by atoms with Gasteiger partial charge in [0, 0.05) is 0 Å². The SMILES string of the molecule is CCCOc1c(I)cc(/C=C(\C#N)C(=O)Nc2ccccc2OC)cc1OC. The Morgan fingerprint density at radius 3 is 2.57 bits per heavy atom. The first-order valence-corrected chi connectivity index (χ1v) is 9.68. The van der Waals surface area contributed by atoms with Crippen LogP contribution < -0.4 is 19.5 Å². The van der Waals surface area contributed by atoms with Gasteiger partial charge in [0.2, 0.25) is 0 Å². The van der Waals surface area contributed by atoms with Gasteiger partial charge in [-0.1, -0.05) is 19.1 Å². The summed E-state index contributed by atoms with van der Waals surface area (Å²) in [4.78, 5) is 12.5. The number of nitrogens with zero attached hydrogens (tertiary/aromatic N) is 1. The zero-order chi connectivity index (χ0) is 20.5. The van der Waals surface area contributed by atoms with E-state index in [4.69, 9.17) is 14.2 Å². The second-order valence-corrected chi connectivity index (χ2v) is 6.87. The lowest BCUT2D eigenvalue weighted by Crippen LogP contribution is -2.14. The molecule has 0 saturated heterocycles. The molecule has 1 amide bonds. The summed E-state index contributed by atoms with van der Waals surface area (Å²) in [5.41, 5.74) is 1.12. The first kappa shape index (κ1) is 21.6. The normalized spacial score (nSPS) is 10.8. The molecule has 0 aliphatic carbocycles. The van der Waals surface area contributed by atoms with Crippen LogP contribution >= 0.6 is 22.6 Å². The maximum absolute atomic E-state index is 12.5. The molecule has 0 unspecified atom stereocenters. The molecule has 2 aromatic carbocycles. The molecule has 2 aromatic rings. The molecule has 0 aliphatic rings. The number of nitrogens with one attached hydrogen (secondary N) is 1. The Balaban J connectivity index is 2.32. The molecule has 1 N–H and O–H groups in total. The predicted molar refractivity (Wildman–Crippen MR) is 117 cm³/mol. The molecule has 0 radical (unpaired) electrons. The standard InChI is InChI=1S/C21H21IN2O4/c1-4-9-28-20-16(22)11-14(12-19(20)27-3)10-15(13-23)21(25)24-17-7-5-6-8-18(17)26-2/h5-8,10-12H,4,9H2,1-3H3,(H,24,25)/b15-10+. The number of anilines is 1. The van der Waals surface area contributed by atoms with Crippen LogP contribution in [0.2, 0.25) is 0 Å². The van der Waals surface area contributed by atoms with Crippen LogP contribution in [0.3, 0.4) is 0 Å². The highest BCUT2D eigenvalue weighted by atomic mass is 127. The third-order valence-electron chi connectivity index (χ3n) is 3.73. The Hall–Kier alpha value is -2.73. The minimum absolute atomic E-state index is 0.0361. The van der Waals surface area contributed by atoms with Gasteiger partial charge in [-0.2, -0.15) is 5.26 Å². The van der Waals surface area contributed by atoms with Crippen LogP contribution in [0.1, 0.15) is 18.9 Å². The lowest BCUT2D eigenvalue weighted by atomic mass is 10.1. The van der Waals surface area contributed by atoms with Gasteiger partial charge in [-0.05, 0) is 64.9 Å². The summed E-state index contributed by atoms with van der Waals surface area (Å²) in [5, 5.41) is 12.2. The molecular formula is C21H21IN2O4. The van der Waals surface area contributed by atoms with Gasteiger partial charge in [0.15, 0.2) is 11.5 Å². The number of benzene rings is 2. The smallest absolute Gasteiger partial charge is 0.266 e. The molecule has 2 rings (SSSR count). The summed E-state index contributed by atoms with van der Waals surface area (Å²) < 4.78 is 17.2. The molecule has 0 fully saturated rings. The van der Waals surface area contributed by atoms with Gasteiger partial charge in [0.25, 0.3) is 5.91 Å². The summed E-state index contributed by atoms with van der Waals surface area (Å²) in [5.74, 6) is 1.20. The van der Waals surface area contributed by atoms with Crippen molar-refractivity contribution in [3.05, 3.63) is 51.1 Å². The van der Waals surface area contributed by atoms with E-state index in [1.807, 2.05) is 19.1 Å². The van der Waals surface area contributed by atoms with Crippen molar-refractivity contribution >= 4 is 40.3 Å². The Morgan fingerprint density at radius 1 is 1.21 bits per heavy atom. The van der Waals surface area contributed by atoms with Crippen molar-refractivity contribution in [2.75, 3.05) is 26.1 Å². The first-order chi connectivity index (χ1) is 13.5. The predicted octanol–water partition coefficient (Wildman–Crippen LogP) is 4.64. The van der Waals surface area contributed by atoms with Crippen molar-refractivity contribution in [2.24, 2.45) is 0 Å². The average Bonchev–Trinajstić information content (AvgIpc) is 2.71. The van der Waals surface area contributed by atoms with Gasteiger partial charge in [-0.3, -0.25) is 4.79 Å². The van der Waals surface area contributed by atoms with E-state index in [9.17, 15) is 10.1 Å². The number of ether oxygens (including phenoxy) is 3. The summed E-state index contributed by atoms with van der Waals surface area (Å²) in [6.07, 6.45) is 2.39. The van der Waals surface area contributed by atoms with Crippen LogP contribution in [0, 0.1) is 14.9 Å². The number of hydrogen-bond acceptors (Lipinski definition) is 5. The third kappa shape index (κ3) is 5.39. The number of carbonyl (C=O) groups is 1.